The van der Waals surface area contributed by atoms with Crippen LogP contribution in [0.1, 0.15) is 26.3 Å². The van der Waals surface area contributed by atoms with Gasteiger partial charge in [0.2, 0.25) is 10.0 Å². The minimum Gasteiger partial charge on any atom is -0.285 e. The van der Waals surface area contributed by atoms with Crippen molar-refractivity contribution in [2.45, 2.75) is 31.5 Å². The third-order valence-corrected chi connectivity index (χ3v) is 4.99. The van der Waals surface area contributed by atoms with Crippen LogP contribution in [-0.4, -0.2) is 29.5 Å². The van der Waals surface area contributed by atoms with Gasteiger partial charge in [-0.2, -0.15) is 0 Å². The molecule has 0 aliphatic heterocycles. The number of sulfonamides is 1. The lowest BCUT2D eigenvalue weighted by Gasteiger charge is -2.15. The van der Waals surface area contributed by atoms with Crippen LogP contribution >= 0.6 is 11.8 Å². The second kappa shape index (κ2) is 6.80. The molecule has 0 amide bonds. The normalized spacial score (nSPS) is 12.2. The summed E-state index contributed by atoms with van der Waals surface area (Å²) in [7, 11) is -3.45. The Labute approximate surface area is 133 Å². The molecule has 6 nitrogen and oxygen atoms in total. The van der Waals surface area contributed by atoms with Crippen LogP contribution < -0.4 is 10.7 Å². The maximum atomic E-state index is 12.6. The Bertz CT molecular complexity index is 829. The summed E-state index contributed by atoms with van der Waals surface area (Å²) in [6, 6.07) is 7.19. The molecule has 0 saturated heterocycles. The van der Waals surface area contributed by atoms with E-state index in [9.17, 15) is 13.2 Å². The highest BCUT2D eigenvalue weighted by Gasteiger charge is 2.14. The Balaban J connectivity index is 2.32. The van der Waals surface area contributed by atoms with Gasteiger partial charge in [0.05, 0.1) is 16.7 Å². The first-order chi connectivity index (χ1) is 10.3. The Hall–Kier alpha value is -1.38. The maximum Gasteiger partial charge on any atom is 0.262 e. The second-order valence-corrected chi connectivity index (χ2v) is 8.05. The van der Waals surface area contributed by atoms with E-state index in [-0.39, 0.29) is 17.4 Å². The Morgan fingerprint density at radius 1 is 1.32 bits per heavy atom. The summed E-state index contributed by atoms with van der Waals surface area (Å²) in [5.41, 5.74) is 0.577. The van der Waals surface area contributed by atoms with Crippen molar-refractivity contribution >= 4 is 32.7 Å². The number of hydrogen-bond donors (Lipinski definition) is 1. The first-order valence-electron chi connectivity index (χ1n) is 6.94. The summed E-state index contributed by atoms with van der Waals surface area (Å²) in [4.78, 5) is 17.1. The largest absolute Gasteiger partial charge is 0.285 e. The molecule has 0 spiro atoms. The van der Waals surface area contributed by atoms with E-state index in [0.717, 1.165) is 0 Å². The molecule has 2 rings (SSSR count). The summed E-state index contributed by atoms with van der Waals surface area (Å²) in [6.45, 7) is 3.85. The number of hydrogen-bond acceptors (Lipinski definition) is 5. The number of primary sulfonamides is 1. The Morgan fingerprint density at radius 3 is 2.64 bits per heavy atom. The molecule has 0 aliphatic carbocycles. The fourth-order valence-corrected chi connectivity index (χ4v) is 3.90. The van der Waals surface area contributed by atoms with Crippen molar-refractivity contribution in [1.29, 1.82) is 0 Å². The molecule has 0 aliphatic rings. The molecule has 0 unspecified atom stereocenters. The molecule has 0 bridgehead atoms. The molecule has 8 heteroatoms. The van der Waals surface area contributed by atoms with Gasteiger partial charge >= 0.3 is 0 Å². The highest BCUT2D eigenvalue weighted by Crippen LogP contribution is 2.21. The van der Waals surface area contributed by atoms with Crippen LogP contribution in [0.15, 0.2) is 34.2 Å². The number of para-hydroxylation sites is 1. The van der Waals surface area contributed by atoms with Crippen molar-refractivity contribution in [1.82, 2.24) is 9.55 Å². The Kier molecular flexibility index (Phi) is 5.25. The highest BCUT2D eigenvalue weighted by molar-refractivity contribution is 7.99. The van der Waals surface area contributed by atoms with E-state index >= 15 is 0 Å². The minimum absolute atomic E-state index is 0.0228. The molecule has 0 saturated carbocycles. The molecule has 22 heavy (non-hydrogen) atoms. The zero-order valence-corrected chi connectivity index (χ0v) is 14.2. The van der Waals surface area contributed by atoms with E-state index in [1.54, 1.807) is 16.7 Å². The van der Waals surface area contributed by atoms with E-state index < -0.39 is 10.0 Å². The molecule has 1 aromatic heterocycles. The van der Waals surface area contributed by atoms with Gasteiger partial charge in [-0.1, -0.05) is 23.9 Å². The second-order valence-electron chi connectivity index (χ2n) is 5.25. The molecule has 0 fully saturated rings. The van der Waals surface area contributed by atoms with E-state index in [2.05, 4.69) is 4.98 Å². The summed E-state index contributed by atoms with van der Waals surface area (Å²) in [6.07, 6.45) is 0.421. The summed E-state index contributed by atoms with van der Waals surface area (Å²) in [5.74, 6) is 0.466. The predicted octanol–water partition coefficient (Wildman–Crippen LogP) is 1.75. The van der Waals surface area contributed by atoms with Gasteiger partial charge in [-0.15, -0.1) is 0 Å². The van der Waals surface area contributed by atoms with Gasteiger partial charge in [0.15, 0.2) is 5.16 Å². The van der Waals surface area contributed by atoms with Gasteiger partial charge < -0.3 is 0 Å². The number of rotatable bonds is 6. The molecule has 1 heterocycles. The summed E-state index contributed by atoms with van der Waals surface area (Å²) >= 11 is 1.38. The van der Waals surface area contributed by atoms with E-state index in [4.69, 9.17) is 5.14 Å². The molecule has 0 atom stereocenters. The summed E-state index contributed by atoms with van der Waals surface area (Å²) < 4.78 is 23.5. The van der Waals surface area contributed by atoms with Crippen LogP contribution in [0.4, 0.5) is 0 Å². The molecule has 1 aromatic carbocycles. The van der Waals surface area contributed by atoms with Crippen molar-refractivity contribution in [3.05, 3.63) is 34.6 Å². The SMILES string of the molecule is CC(C)n1c(SCCCS(N)(=O)=O)nc2ccccc2c1=O. The van der Waals surface area contributed by atoms with E-state index in [1.165, 1.54) is 11.8 Å². The number of thioether (sulfide) groups is 1. The van der Waals surface area contributed by atoms with Crippen LogP contribution in [0, 0.1) is 0 Å². The monoisotopic (exact) mass is 341 g/mol. The number of nitrogens with two attached hydrogens (primary N) is 1. The number of aromatic nitrogens is 2. The topological polar surface area (TPSA) is 95.1 Å². The molecule has 2 aromatic rings. The van der Waals surface area contributed by atoms with Gasteiger partial charge in [0.25, 0.3) is 5.56 Å². The van der Waals surface area contributed by atoms with E-state index in [1.807, 2.05) is 26.0 Å². The van der Waals surface area contributed by atoms with Crippen molar-refractivity contribution in [2.75, 3.05) is 11.5 Å². The first kappa shape index (κ1) is 17.0. The lowest BCUT2D eigenvalue weighted by molar-refractivity contribution is 0.519. The van der Waals surface area contributed by atoms with E-state index in [0.29, 0.717) is 28.2 Å². The third kappa shape index (κ3) is 4.08. The minimum atomic E-state index is -3.45. The van der Waals surface area contributed by atoms with Crippen LogP contribution in [0.3, 0.4) is 0 Å². The van der Waals surface area contributed by atoms with Gasteiger partial charge in [-0.3, -0.25) is 9.36 Å². The molecule has 0 radical (unpaired) electrons. The Morgan fingerprint density at radius 2 is 2.00 bits per heavy atom. The standard InChI is InChI=1S/C14H19N3O3S2/c1-10(2)17-13(18)11-6-3-4-7-12(11)16-14(17)21-8-5-9-22(15,19)20/h3-4,6-7,10H,5,8-9H2,1-2H3,(H2,15,19,20). The van der Waals surface area contributed by atoms with Crippen molar-refractivity contribution in [3.8, 4) is 0 Å². The van der Waals surface area contributed by atoms with Crippen LogP contribution in [0.5, 0.6) is 0 Å². The molecule has 2 N–H and O–H groups in total. The van der Waals surface area contributed by atoms with Crippen LogP contribution in [0.25, 0.3) is 10.9 Å². The fraction of sp³-hybridized carbons (Fsp3) is 0.429. The zero-order valence-electron chi connectivity index (χ0n) is 12.5. The highest BCUT2D eigenvalue weighted by atomic mass is 32.2. The van der Waals surface area contributed by atoms with Crippen LogP contribution in [0.2, 0.25) is 0 Å². The first-order valence-corrected chi connectivity index (χ1v) is 9.64. The van der Waals surface area contributed by atoms with Crippen LogP contribution in [-0.2, 0) is 10.0 Å². The van der Waals surface area contributed by atoms with Gasteiger partial charge in [-0.25, -0.2) is 18.5 Å². The predicted molar refractivity (Wildman–Crippen MR) is 89.7 cm³/mol. The quantitative estimate of drug-likeness (QED) is 0.491. The average Bonchev–Trinajstić information content (AvgIpc) is 2.42. The number of benzene rings is 1. The average molecular weight is 341 g/mol. The maximum absolute atomic E-state index is 12.6. The molecular formula is C14H19N3O3S2. The smallest absolute Gasteiger partial charge is 0.262 e. The fourth-order valence-electron chi connectivity index (χ4n) is 2.11. The third-order valence-electron chi connectivity index (χ3n) is 3.10. The van der Waals surface area contributed by atoms with Crippen molar-refractivity contribution in [3.63, 3.8) is 0 Å². The number of fused-ring (bicyclic) bond motifs is 1. The summed E-state index contributed by atoms with van der Waals surface area (Å²) in [5, 5.41) is 6.18. The van der Waals surface area contributed by atoms with Gasteiger partial charge in [0.1, 0.15) is 0 Å². The molecule has 120 valence electrons. The lowest BCUT2D eigenvalue weighted by atomic mass is 10.2. The van der Waals surface area contributed by atoms with Gasteiger partial charge in [-0.05, 0) is 32.4 Å². The zero-order chi connectivity index (χ0) is 16.3. The van der Waals surface area contributed by atoms with Crippen molar-refractivity contribution < 1.29 is 8.42 Å². The molecular weight excluding hydrogens is 322 g/mol. The van der Waals surface area contributed by atoms with Crippen molar-refractivity contribution in [2.24, 2.45) is 5.14 Å². The lowest BCUT2D eigenvalue weighted by Crippen LogP contribution is -2.25. The van der Waals surface area contributed by atoms with Gasteiger partial charge in [0, 0.05) is 11.8 Å². The number of nitrogens with zero attached hydrogens (tertiary/aromatic N) is 2.